The number of nitrogens with one attached hydrogen (secondary N) is 1. The summed E-state index contributed by atoms with van der Waals surface area (Å²) in [7, 11) is 2.98. The third-order valence-electron chi connectivity index (χ3n) is 5.12. The number of benzene rings is 2. The molecule has 1 heterocycles. The van der Waals surface area contributed by atoms with Crippen LogP contribution in [0.25, 0.3) is 0 Å². The minimum atomic E-state index is -1.17. The van der Waals surface area contributed by atoms with E-state index in [2.05, 4.69) is 5.32 Å². The summed E-state index contributed by atoms with van der Waals surface area (Å²) in [6.07, 6.45) is -1.25. The number of non-ortho nitro benzene ring substituents is 1. The van der Waals surface area contributed by atoms with Crippen molar-refractivity contribution in [1.82, 2.24) is 0 Å². The van der Waals surface area contributed by atoms with Crippen molar-refractivity contribution < 1.29 is 33.5 Å². The molecule has 1 aliphatic heterocycles. The molecule has 1 N–H and O–H groups in total. The summed E-state index contributed by atoms with van der Waals surface area (Å²) in [5, 5.41) is 13.3. The quantitative estimate of drug-likeness (QED) is 0.363. The number of hydrogen-bond donors (Lipinski definition) is 1. The molecule has 2 aromatic rings. The van der Waals surface area contributed by atoms with Gasteiger partial charge in [-0.1, -0.05) is 6.07 Å². The minimum absolute atomic E-state index is 0.0690. The number of nitro benzene ring substituents is 1. The predicted molar refractivity (Wildman–Crippen MR) is 117 cm³/mol. The minimum Gasteiger partial charge on any atom is -0.497 e. The fraction of sp³-hybridized carbons (Fsp3) is 0.318. The van der Waals surface area contributed by atoms with Crippen molar-refractivity contribution in [1.29, 1.82) is 0 Å². The molecule has 1 aliphatic rings. The van der Waals surface area contributed by atoms with Crippen LogP contribution in [0, 0.1) is 16.0 Å². The fourth-order valence-electron chi connectivity index (χ4n) is 3.37. The van der Waals surface area contributed by atoms with Crippen LogP contribution < -0.4 is 19.7 Å². The normalized spacial score (nSPS) is 16.2. The number of nitrogens with zero attached hydrogens (tertiary/aromatic N) is 2. The first-order chi connectivity index (χ1) is 15.7. The Morgan fingerprint density at radius 1 is 1.18 bits per heavy atom. The van der Waals surface area contributed by atoms with Gasteiger partial charge in [-0.25, -0.2) is 0 Å². The molecule has 33 heavy (non-hydrogen) atoms. The number of rotatable bonds is 8. The molecule has 0 bridgehead atoms. The molecule has 0 spiro atoms. The molecule has 11 nitrogen and oxygen atoms in total. The number of anilines is 2. The number of esters is 1. The van der Waals surface area contributed by atoms with Crippen LogP contribution in [0.15, 0.2) is 42.5 Å². The van der Waals surface area contributed by atoms with Crippen molar-refractivity contribution in [3.63, 3.8) is 0 Å². The van der Waals surface area contributed by atoms with E-state index in [-0.39, 0.29) is 30.2 Å². The summed E-state index contributed by atoms with van der Waals surface area (Å²) < 4.78 is 15.8. The van der Waals surface area contributed by atoms with Gasteiger partial charge < -0.3 is 24.4 Å². The SMILES string of the molecule is COc1ccc(N2C[C@H](C(=O)O[C@@H](C)C(=O)Nc3cccc([N+](=O)[O-])c3)CC2=O)c(OC)c1. The molecule has 0 aromatic heterocycles. The average molecular weight is 457 g/mol. The Morgan fingerprint density at radius 3 is 2.61 bits per heavy atom. The Bertz CT molecular complexity index is 1090. The second-order valence-electron chi connectivity index (χ2n) is 7.32. The van der Waals surface area contributed by atoms with Crippen molar-refractivity contribution in [3.05, 3.63) is 52.6 Å². The van der Waals surface area contributed by atoms with E-state index in [1.54, 1.807) is 18.2 Å². The molecule has 2 atom stereocenters. The lowest BCUT2D eigenvalue weighted by Gasteiger charge is -2.20. The van der Waals surface area contributed by atoms with Gasteiger partial charge in [0, 0.05) is 36.9 Å². The maximum absolute atomic E-state index is 12.6. The smallest absolute Gasteiger partial charge is 0.312 e. The maximum Gasteiger partial charge on any atom is 0.312 e. The maximum atomic E-state index is 12.6. The summed E-state index contributed by atoms with van der Waals surface area (Å²) >= 11 is 0. The molecule has 174 valence electrons. The van der Waals surface area contributed by atoms with E-state index in [1.807, 2.05) is 0 Å². The number of carbonyl (C=O) groups is 3. The van der Waals surface area contributed by atoms with Gasteiger partial charge in [-0.05, 0) is 25.1 Å². The molecule has 2 aromatic carbocycles. The number of ether oxygens (including phenoxy) is 3. The van der Waals surface area contributed by atoms with Crippen LogP contribution in [0.3, 0.4) is 0 Å². The van der Waals surface area contributed by atoms with Gasteiger partial charge in [-0.3, -0.25) is 24.5 Å². The molecule has 1 fully saturated rings. The zero-order valence-corrected chi connectivity index (χ0v) is 18.3. The van der Waals surface area contributed by atoms with E-state index < -0.39 is 28.8 Å². The van der Waals surface area contributed by atoms with Gasteiger partial charge in [-0.2, -0.15) is 0 Å². The number of hydrogen-bond acceptors (Lipinski definition) is 8. The highest BCUT2D eigenvalue weighted by Gasteiger charge is 2.38. The summed E-state index contributed by atoms with van der Waals surface area (Å²) in [5.74, 6) is -1.42. The molecule has 1 saturated heterocycles. The molecular weight excluding hydrogens is 434 g/mol. The van der Waals surface area contributed by atoms with Gasteiger partial charge >= 0.3 is 5.97 Å². The summed E-state index contributed by atoms with van der Waals surface area (Å²) in [6, 6.07) is 10.4. The Kier molecular flexibility index (Phi) is 7.11. The zero-order valence-electron chi connectivity index (χ0n) is 18.3. The molecule has 0 unspecified atom stereocenters. The molecule has 11 heteroatoms. The molecule has 0 aliphatic carbocycles. The average Bonchev–Trinajstić information content (AvgIpc) is 3.20. The first kappa shape index (κ1) is 23.5. The lowest BCUT2D eigenvalue weighted by atomic mass is 10.1. The second kappa shape index (κ2) is 9.98. The highest BCUT2D eigenvalue weighted by Crippen LogP contribution is 2.36. The summed E-state index contributed by atoms with van der Waals surface area (Å²) in [6.45, 7) is 1.45. The largest absolute Gasteiger partial charge is 0.497 e. The van der Waals surface area contributed by atoms with Crippen LogP contribution in [-0.4, -0.2) is 49.6 Å². The van der Waals surface area contributed by atoms with Gasteiger partial charge in [0.2, 0.25) is 5.91 Å². The van der Waals surface area contributed by atoms with Gasteiger partial charge in [0.25, 0.3) is 11.6 Å². The van der Waals surface area contributed by atoms with Crippen LogP contribution in [-0.2, 0) is 19.1 Å². The standard InChI is InChI=1S/C22H23N3O8/c1-13(21(27)23-15-5-4-6-16(10-15)25(29)30)33-22(28)14-9-20(26)24(12-14)18-8-7-17(31-2)11-19(18)32-3/h4-8,10-11,13-14H,9,12H2,1-3H3,(H,23,27)/t13-,14+/m0/s1. The van der Waals surface area contributed by atoms with Crippen molar-refractivity contribution in [3.8, 4) is 11.5 Å². The Balaban J connectivity index is 1.63. The molecule has 2 amide bonds. The van der Waals surface area contributed by atoms with Crippen LogP contribution in [0.1, 0.15) is 13.3 Å². The molecule has 0 radical (unpaired) electrons. The lowest BCUT2D eigenvalue weighted by molar-refractivity contribution is -0.384. The highest BCUT2D eigenvalue weighted by atomic mass is 16.6. The van der Waals surface area contributed by atoms with Gasteiger partial charge in [-0.15, -0.1) is 0 Å². The van der Waals surface area contributed by atoms with E-state index >= 15 is 0 Å². The van der Waals surface area contributed by atoms with Crippen molar-refractivity contribution in [2.24, 2.45) is 5.92 Å². The predicted octanol–water partition coefficient (Wildman–Crippen LogP) is 2.54. The first-order valence-electron chi connectivity index (χ1n) is 10.0. The monoisotopic (exact) mass is 457 g/mol. The third kappa shape index (κ3) is 5.37. The fourth-order valence-corrected chi connectivity index (χ4v) is 3.37. The molecular formula is C22H23N3O8. The number of carbonyl (C=O) groups excluding carboxylic acids is 3. The number of amides is 2. The van der Waals surface area contributed by atoms with Gasteiger partial charge in [0.05, 0.1) is 30.7 Å². The van der Waals surface area contributed by atoms with E-state index in [0.717, 1.165) is 0 Å². The van der Waals surface area contributed by atoms with E-state index in [4.69, 9.17) is 14.2 Å². The summed E-state index contributed by atoms with van der Waals surface area (Å²) in [5.41, 5.74) is 0.511. The molecule has 0 saturated carbocycles. The summed E-state index contributed by atoms with van der Waals surface area (Å²) in [4.78, 5) is 49.3. The van der Waals surface area contributed by atoms with Crippen LogP contribution in [0.5, 0.6) is 11.5 Å². The third-order valence-corrected chi connectivity index (χ3v) is 5.12. The van der Waals surface area contributed by atoms with Crippen molar-refractivity contribution >= 4 is 34.8 Å². The first-order valence-corrected chi connectivity index (χ1v) is 10.0. The Morgan fingerprint density at radius 2 is 1.94 bits per heavy atom. The van der Waals surface area contributed by atoms with Crippen molar-refractivity contribution in [2.75, 3.05) is 31.0 Å². The Hall–Kier alpha value is -4.15. The number of methoxy groups -OCH3 is 2. The molecule has 3 rings (SSSR count). The van der Waals surface area contributed by atoms with E-state index in [9.17, 15) is 24.5 Å². The highest BCUT2D eigenvalue weighted by molar-refractivity contribution is 6.01. The van der Waals surface area contributed by atoms with Crippen LogP contribution in [0.4, 0.5) is 17.1 Å². The van der Waals surface area contributed by atoms with Crippen LogP contribution >= 0.6 is 0 Å². The zero-order chi connectivity index (χ0) is 24.1. The Labute approximate surface area is 189 Å². The number of nitro groups is 1. The van der Waals surface area contributed by atoms with E-state index in [0.29, 0.717) is 17.2 Å². The van der Waals surface area contributed by atoms with Crippen LogP contribution in [0.2, 0.25) is 0 Å². The van der Waals surface area contributed by atoms with Gasteiger partial charge in [0.15, 0.2) is 6.10 Å². The topological polar surface area (TPSA) is 137 Å². The lowest BCUT2D eigenvalue weighted by Crippen LogP contribution is -2.33. The van der Waals surface area contributed by atoms with E-state index in [1.165, 1.54) is 50.3 Å². The van der Waals surface area contributed by atoms with Crippen molar-refractivity contribution in [2.45, 2.75) is 19.4 Å². The van der Waals surface area contributed by atoms with Gasteiger partial charge in [0.1, 0.15) is 11.5 Å². The second-order valence-corrected chi connectivity index (χ2v) is 7.32.